The summed E-state index contributed by atoms with van der Waals surface area (Å²) in [5.74, 6) is -2.28. The molecule has 0 heterocycles. The maximum Gasteiger partial charge on any atom is 0.264 e. The Kier molecular flexibility index (Phi) is 4.66. The molecule has 0 unspecified atom stereocenters. The monoisotopic (exact) mass is 315 g/mol. The predicted octanol–water partition coefficient (Wildman–Crippen LogP) is 3.26. The van der Waals surface area contributed by atoms with Crippen molar-refractivity contribution in [2.75, 3.05) is 0 Å². The maximum atomic E-state index is 13.5. The van der Waals surface area contributed by atoms with Crippen LogP contribution >= 0.6 is 0 Å². The fourth-order valence-corrected chi connectivity index (χ4v) is 2.04. The molecule has 23 heavy (non-hydrogen) atoms. The first-order valence-electron chi connectivity index (χ1n) is 6.47. The van der Waals surface area contributed by atoms with Gasteiger partial charge in [0.15, 0.2) is 11.6 Å². The van der Waals surface area contributed by atoms with E-state index in [4.69, 9.17) is 10.5 Å². The third-order valence-corrected chi connectivity index (χ3v) is 3.14. The van der Waals surface area contributed by atoms with Crippen LogP contribution in [-0.2, 0) is 0 Å². The average Bonchev–Trinajstić information content (AvgIpc) is 2.56. The first-order valence-corrected chi connectivity index (χ1v) is 6.47. The number of nitriles is 1. The van der Waals surface area contributed by atoms with Gasteiger partial charge in [0.1, 0.15) is 6.07 Å². The Bertz CT molecular complexity index is 840. The van der Waals surface area contributed by atoms with E-state index in [1.807, 2.05) is 0 Å². The van der Waals surface area contributed by atoms with Crippen LogP contribution in [0.3, 0.4) is 0 Å². The van der Waals surface area contributed by atoms with E-state index >= 15 is 0 Å². The third kappa shape index (κ3) is 3.16. The van der Waals surface area contributed by atoms with Crippen molar-refractivity contribution in [2.24, 2.45) is 5.16 Å². The van der Waals surface area contributed by atoms with Crippen molar-refractivity contribution in [1.82, 2.24) is 0 Å². The molecule has 2 aromatic carbocycles. The molecule has 7 heteroatoms. The molecule has 0 saturated carbocycles. The first kappa shape index (κ1) is 16.1. The van der Waals surface area contributed by atoms with Gasteiger partial charge in [0.25, 0.3) is 11.4 Å². The lowest BCUT2D eigenvalue weighted by atomic mass is 10.1. The number of hydrogen-bond acceptors (Lipinski definition) is 4. The van der Waals surface area contributed by atoms with E-state index < -0.39 is 17.3 Å². The number of rotatable bonds is 3. The summed E-state index contributed by atoms with van der Waals surface area (Å²) in [4.78, 5) is 0. The average molecular weight is 315 g/mol. The summed E-state index contributed by atoms with van der Waals surface area (Å²) in [6.45, 7) is 1.42. The molecule has 0 aliphatic carbocycles. The minimum atomic E-state index is -1.20. The summed E-state index contributed by atoms with van der Waals surface area (Å²) in [7, 11) is 0. The normalized spacial score (nSPS) is 12.5. The number of oxime groups is 1. The molecule has 0 amide bonds. The number of nitrogens with zero attached hydrogens (tertiary/aromatic N) is 3. The van der Waals surface area contributed by atoms with Crippen LogP contribution in [0.1, 0.15) is 11.1 Å². The zero-order valence-corrected chi connectivity index (χ0v) is 12.0. The zero-order chi connectivity index (χ0) is 17.0. The van der Waals surface area contributed by atoms with Gasteiger partial charge in [-0.2, -0.15) is 10.0 Å². The van der Waals surface area contributed by atoms with Crippen LogP contribution in [0.2, 0.25) is 0 Å². The van der Waals surface area contributed by atoms with Gasteiger partial charge in [0.05, 0.1) is 11.6 Å². The van der Waals surface area contributed by atoms with E-state index in [2.05, 4.69) is 5.16 Å². The Labute approximate surface area is 130 Å². The van der Waals surface area contributed by atoms with Crippen LogP contribution in [0.25, 0.3) is 0 Å². The molecular formula is C16H11F2N3O2. The second-order valence-electron chi connectivity index (χ2n) is 4.62. The maximum absolute atomic E-state index is 13.5. The van der Waals surface area contributed by atoms with Crippen LogP contribution in [0, 0.1) is 35.1 Å². The zero-order valence-electron chi connectivity index (χ0n) is 12.0. The molecule has 0 fully saturated rings. The van der Waals surface area contributed by atoms with E-state index in [9.17, 15) is 14.0 Å². The molecule has 116 valence electrons. The summed E-state index contributed by atoms with van der Waals surface area (Å²) in [6, 6.07) is 11.2. The van der Waals surface area contributed by atoms with E-state index in [1.165, 1.54) is 19.1 Å². The van der Waals surface area contributed by atoms with Gasteiger partial charge in [-0.05, 0) is 25.1 Å². The summed E-state index contributed by atoms with van der Waals surface area (Å²) in [6.07, 6.45) is 0. The van der Waals surface area contributed by atoms with Gasteiger partial charge in [0, 0.05) is 5.56 Å². The standard InChI is InChI=1S/C16H11F2N3O2/c1-10-7-12(17)13(18)8-15(10)21(23)16(14(9-19)20-22)11-5-3-2-4-6-11/h2-8,22H,1H3/b20-14+,21-16+. The Morgan fingerprint density at radius 1 is 1.22 bits per heavy atom. The Morgan fingerprint density at radius 3 is 2.39 bits per heavy atom. The van der Waals surface area contributed by atoms with Gasteiger partial charge in [-0.3, -0.25) is 0 Å². The van der Waals surface area contributed by atoms with Gasteiger partial charge < -0.3 is 10.4 Å². The summed E-state index contributed by atoms with van der Waals surface area (Å²) in [5, 5.41) is 33.5. The van der Waals surface area contributed by atoms with Crippen LogP contribution in [0.5, 0.6) is 0 Å². The van der Waals surface area contributed by atoms with Crippen molar-refractivity contribution >= 4 is 17.1 Å². The molecule has 0 atom stereocenters. The van der Waals surface area contributed by atoms with Crippen molar-refractivity contribution < 1.29 is 18.7 Å². The van der Waals surface area contributed by atoms with Crippen LogP contribution in [-0.4, -0.2) is 21.4 Å². The summed E-state index contributed by atoms with van der Waals surface area (Å²) >= 11 is 0. The van der Waals surface area contributed by atoms with Crippen molar-refractivity contribution in [3.63, 3.8) is 0 Å². The molecular weight excluding hydrogens is 304 g/mol. The molecule has 0 bridgehead atoms. The number of benzene rings is 2. The highest BCUT2D eigenvalue weighted by Gasteiger charge is 2.24. The van der Waals surface area contributed by atoms with E-state index in [1.54, 1.807) is 24.3 Å². The van der Waals surface area contributed by atoms with Gasteiger partial charge >= 0.3 is 0 Å². The first-order chi connectivity index (χ1) is 11.0. The van der Waals surface area contributed by atoms with Crippen molar-refractivity contribution in [2.45, 2.75) is 6.92 Å². The SMILES string of the molecule is Cc1cc(F)c(F)cc1/[N+]([O-])=C(\C(C#N)=N\O)c1ccccc1. The third-order valence-electron chi connectivity index (χ3n) is 3.14. The van der Waals surface area contributed by atoms with E-state index in [-0.39, 0.29) is 21.7 Å². The number of halogens is 2. The highest BCUT2D eigenvalue weighted by Crippen LogP contribution is 2.23. The molecule has 0 radical (unpaired) electrons. The fourth-order valence-electron chi connectivity index (χ4n) is 2.04. The number of hydrogen-bond donors (Lipinski definition) is 1. The smallest absolute Gasteiger partial charge is 0.264 e. The molecule has 0 saturated heterocycles. The minimum Gasteiger partial charge on any atom is -0.618 e. The van der Waals surface area contributed by atoms with Crippen LogP contribution in [0.4, 0.5) is 14.5 Å². The highest BCUT2D eigenvalue weighted by molar-refractivity contribution is 6.51. The van der Waals surface area contributed by atoms with Crippen molar-refractivity contribution in [1.29, 1.82) is 5.26 Å². The summed E-state index contributed by atoms with van der Waals surface area (Å²) in [5.41, 5.74) is -0.553. The quantitative estimate of drug-likeness (QED) is 0.310. The van der Waals surface area contributed by atoms with Crippen molar-refractivity contribution in [3.05, 3.63) is 70.4 Å². The second kappa shape index (κ2) is 6.66. The minimum absolute atomic E-state index is 0.169. The highest BCUT2D eigenvalue weighted by atomic mass is 19.2. The molecule has 2 aromatic rings. The fraction of sp³-hybridized carbons (Fsp3) is 0.0625. The lowest BCUT2D eigenvalue weighted by molar-refractivity contribution is -0.358. The predicted molar refractivity (Wildman–Crippen MR) is 79.8 cm³/mol. The van der Waals surface area contributed by atoms with E-state index in [0.717, 1.165) is 12.1 Å². The Morgan fingerprint density at radius 2 is 1.83 bits per heavy atom. The van der Waals surface area contributed by atoms with E-state index in [0.29, 0.717) is 5.56 Å². The van der Waals surface area contributed by atoms with Gasteiger partial charge in [-0.15, -0.1) is 0 Å². The summed E-state index contributed by atoms with van der Waals surface area (Å²) < 4.78 is 26.9. The molecule has 0 spiro atoms. The van der Waals surface area contributed by atoms with Gasteiger partial charge in [-0.25, -0.2) is 8.78 Å². The molecule has 1 N–H and O–H groups in total. The molecule has 5 nitrogen and oxygen atoms in total. The van der Waals surface area contributed by atoms with Crippen molar-refractivity contribution in [3.8, 4) is 6.07 Å². The Hall–Kier alpha value is -3.27. The molecule has 2 rings (SSSR count). The molecule has 0 aliphatic rings. The van der Waals surface area contributed by atoms with Gasteiger partial charge in [0.2, 0.25) is 5.69 Å². The molecule has 0 aliphatic heterocycles. The lowest BCUT2D eigenvalue weighted by Crippen LogP contribution is -2.23. The van der Waals surface area contributed by atoms with Crippen LogP contribution in [0.15, 0.2) is 47.6 Å². The van der Waals surface area contributed by atoms with Crippen LogP contribution < -0.4 is 0 Å². The molecule has 0 aromatic heterocycles. The number of aryl methyl sites for hydroxylation is 1. The Balaban J connectivity index is 2.79. The topological polar surface area (TPSA) is 82.5 Å². The largest absolute Gasteiger partial charge is 0.618 e. The second-order valence-corrected chi connectivity index (χ2v) is 4.62. The lowest BCUT2D eigenvalue weighted by Gasteiger charge is -2.11. The van der Waals surface area contributed by atoms with Gasteiger partial charge in [-0.1, -0.05) is 23.4 Å².